The van der Waals surface area contributed by atoms with Crippen LogP contribution in [-0.2, 0) is 19.6 Å². The molecule has 2 aromatic rings. The number of benzene rings is 2. The molecule has 0 saturated carbocycles. The molecule has 0 amide bonds. The molecule has 11 nitrogen and oxygen atoms in total. The molecule has 2 N–H and O–H groups in total. The summed E-state index contributed by atoms with van der Waals surface area (Å²) in [7, 11) is 1.09. The Kier molecular flexibility index (Phi) is 8.47. The molecule has 0 saturated heterocycles. The van der Waals surface area contributed by atoms with Crippen LogP contribution in [0.25, 0.3) is 6.08 Å². The topological polar surface area (TPSA) is 147 Å². The largest absolute Gasteiger partial charge is 0.496 e. The van der Waals surface area contributed by atoms with Gasteiger partial charge in [-0.05, 0) is 18.2 Å². The van der Waals surface area contributed by atoms with Gasteiger partial charge >= 0.3 is 17.9 Å². The first-order valence-corrected chi connectivity index (χ1v) is 11.0. The van der Waals surface area contributed by atoms with Gasteiger partial charge in [0.1, 0.15) is 17.2 Å². The number of methoxy groups -OCH3 is 4. The van der Waals surface area contributed by atoms with Gasteiger partial charge in [-0.15, -0.1) is 0 Å². The number of sulfonamides is 1. The van der Waals surface area contributed by atoms with Crippen molar-refractivity contribution >= 4 is 33.7 Å². The predicted octanol–water partition coefficient (Wildman–Crippen LogP) is 2.76. The molecule has 0 heterocycles. The average molecular weight is 517 g/mol. The monoisotopic (exact) mass is 517 g/mol. The molecule has 0 unspecified atom stereocenters. The van der Waals surface area contributed by atoms with Crippen molar-refractivity contribution < 1.29 is 55.6 Å². The van der Waals surface area contributed by atoms with Crippen molar-refractivity contribution in [2.45, 2.75) is 5.92 Å². The molecule has 0 fully saturated rings. The van der Waals surface area contributed by atoms with Crippen molar-refractivity contribution in [3.8, 4) is 28.7 Å². The van der Waals surface area contributed by atoms with Crippen LogP contribution in [0.15, 0.2) is 35.7 Å². The van der Waals surface area contributed by atoms with Crippen LogP contribution >= 0.6 is 0 Å². The van der Waals surface area contributed by atoms with E-state index in [2.05, 4.69) is 9.46 Å². The van der Waals surface area contributed by atoms with E-state index in [1.165, 1.54) is 45.6 Å². The highest BCUT2D eigenvalue weighted by molar-refractivity contribution is 7.95. The number of aliphatic carboxylic acids is 1. The van der Waals surface area contributed by atoms with E-state index in [-0.39, 0.29) is 28.5 Å². The highest BCUT2D eigenvalue weighted by Crippen LogP contribution is 2.36. The summed E-state index contributed by atoms with van der Waals surface area (Å²) in [5.41, 5.74) is 0.0759. The normalized spacial score (nSPS) is 11.6. The fourth-order valence-corrected chi connectivity index (χ4v) is 3.46. The minimum Gasteiger partial charge on any atom is -0.496 e. The molecular formula is C21H21F2NO10S. The first kappa shape index (κ1) is 27.2. The number of carbonyl (C=O) groups excluding carboxylic acids is 1. The number of carbonyl (C=O) groups is 2. The first-order valence-electron chi connectivity index (χ1n) is 9.41. The van der Waals surface area contributed by atoms with Crippen molar-refractivity contribution in [1.29, 1.82) is 0 Å². The maximum Gasteiger partial charge on any atom is 0.437 e. The fourth-order valence-electron chi connectivity index (χ4n) is 2.62. The van der Waals surface area contributed by atoms with Crippen LogP contribution in [-0.4, -0.2) is 59.8 Å². The molecule has 14 heteroatoms. The van der Waals surface area contributed by atoms with Crippen molar-refractivity contribution in [1.82, 2.24) is 0 Å². The lowest BCUT2D eigenvalue weighted by Crippen LogP contribution is -2.40. The number of carboxylic acid groups (broad SMARTS) is 1. The van der Waals surface area contributed by atoms with Crippen LogP contribution in [0, 0.1) is 0 Å². The number of ether oxygens (including phenoxy) is 5. The van der Waals surface area contributed by atoms with Crippen LogP contribution < -0.4 is 28.4 Å². The molecule has 190 valence electrons. The molecule has 2 rings (SSSR count). The summed E-state index contributed by atoms with van der Waals surface area (Å²) in [6.45, 7) is 0. The Morgan fingerprint density at radius 2 is 1.49 bits per heavy atom. The SMILES string of the molecule is COc1cc(OC)c(C=CS(=O)(=O)Nc2ccc(OC)c(OC(=O)C(F)(F)C(=O)O)c2)c(OC)c1. The zero-order valence-electron chi connectivity index (χ0n) is 18.8. The quantitative estimate of drug-likeness (QED) is 0.259. The van der Waals surface area contributed by atoms with E-state index in [0.717, 1.165) is 24.7 Å². The lowest BCUT2D eigenvalue weighted by molar-refractivity contribution is -0.180. The smallest absolute Gasteiger partial charge is 0.437 e. The van der Waals surface area contributed by atoms with Gasteiger partial charge in [0.05, 0.1) is 45.1 Å². The minimum atomic E-state index is -4.83. The summed E-state index contributed by atoms with van der Waals surface area (Å²) in [5, 5.41) is 9.26. The number of hydrogen-bond acceptors (Lipinski definition) is 9. The van der Waals surface area contributed by atoms with E-state index >= 15 is 0 Å². The molecule has 0 spiro atoms. The number of nitrogens with one attached hydrogen (secondary N) is 1. The van der Waals surface area contributed by atoms with Gasteiger partial charge in [-0.25, -0.2) is 18.0 Å². The molecule has 0 aliphatic rings. The number of anilines is 1. The highest BCUT2D eigenvalue weighted by atomic mass is 32.2. The summed E-state index contributed by atoms with van der Waals surface area (Å²) in [5.74, 6) is -9.89. The Bertz CT molecular complexity index is 1220. The third-order valence-electron chi connectivity index (χ3n) is 4.32. The van der Waals surface area contributed by atoms with E-state index < -0.39 is 33.6 Å². The van der Waals surface area contributed by atoms with E-state index in [9.17, 15) is 26.8 Å². The van der Waals surface area contributed by atoms with Gasteiger partial charge in [-0.2, -0.15) is 8.78 Å². The number of hydrogen-bond donors (Lipinski definition) is 2. The lowest BCUT2D eigenvalue weighted by atomic mass is 10.1. The lowest BCUT2D eigenvalue weighted by Gasteiger charge is -2.14. The summed E-state index contributed by atoms with van der Waals surface area (Å²) in [4.78, 5) is 22.1. The Morgan fingerprint density at radius 3 is 1.97 bits per heavy atom. The van der Waals surface area contributed by atoms with Gasteiger partial charge in [-0.1, -0.05) is 0 Å². The molecule has 2 aromatic carbocycles. The maximum absolute atomic E-state index is 13.4. The summed E-state index contributed by atoms with van der Waals surface area (Å²) in [6, 6.07) is 6.22. The van der Waals surface area contributed by atoms with E-state index in [1.807, 2.05) is 0 Å². The van der Waals surface area contributed by atoms with Crippen LogP contribution in [0.2, 0.25) is 0 Å². The van der Waals surface area contributed by atoms with Crippen molar-refractivity contribution in [2.24, 2.45) is 0 Å². The third kappa shape index (κ3) is 6.50. The molecule has 0 bridgehead atoms. The number of alkyl halides is 2. The van der Waals surface area contributed by atoms with E-state index in [4.69, 9.17) is 24.1 Å². The molecule has 0 aliphatic carbocycles. The summed E-state index contributed by atoms with van der Waals surface area (Å²) < 4.78 is 79.1. The third-order valence-corrected chi connectivity index (χ3v) is 5.33. The predicted molar refractivity (Wildman–Crippen MR) is 119 cm³/mol. The second kappa shape index (κ2) is 10.9. The molecule has 0 aliphatic heterocycles. The molecule has 0 aromatic heterocycles. The maximum atomic E-state index is 13.4. The Hall–Kier alpha value is -4.07. The number of esters is 1. The Labute approximate surface area is 198 Å². The second-order valence-electron chi connectivity index (χ2n) is 6.53. The number of carboxylic acids is 1. The Morgan fingerprint density at radius 1 is 0.914 bits per heavy atom. The fraction of sp³-hybridized carbons (Fsp3) is 0.238. The zero-order valence-corrected chi connectivity index (χ0v) is 19.6. The molecule has 35 heavy (non-hydrogen) atoms. The molecular weight excluding hydrogens is 496 g/mol. The van der Waals surface area contributed by atoms with Gasteiger partial charge in [0, 0.05) is 18.2 Å². The van der Waals surface area contributed by atoms with Crippen molar-refractivity contribution in [2.75, 3.05) is 33.2 Å². The van der Waals surface area contributed by atoms with Crippen LogP contribution in [0.3, 0.4) is 0 Å². The molecule has 0 radical (unpaired) electrons. The highest BCUT2D eigenvalue weighted by Gasteiger charge is 2.50. The molecule has 0 atom stereocenters. The standard InChI is InChI=1S/C21H21F2NO10S/c1-30-13-10-16(32-3)14(17(11-13)33-4)7-8-35(28,29)24-12-5-6-15(31-2)18(9-12)34-20(27)21(22,23)19(25)26/h5-11,24H,1-4H3,(H,25,26). The van der Waals surface area contributed by atoms with Gasteiger partial charge in [0.2, 0.25) is 0 Å². The van der Waals surface area contributed by atoms with Crippen LogP contribution in [0.4, 0.5) is 14.5 Å². The first-order chi connectivity index (χ1) is 16.4. The summed E-state index contributed by atoms with van der Waals surface area (Å²) >= 11 is 0. The van der Waals surface area contributed by atoms with Crippen LogP contribution in [0.5, 0.6) is 28.7 Å². The van der Waals surface area contributed by atoms with E-state index in [0.29, 0.717) is 5.75 Å². The average Bonchev–Trinajstić information content (AvgIpc) is 2.81. The van der Waals surface area contributed by atoms with Crippen molar-refractivity contribution in [3.63, 3.8) is 0 Å². The second-order valence-corrected chi connectivity index (χ2v) is 8.10. The van der Waals surface area contributed by atoms with E-state index in [1.54, 1.807) is 0 Å². The van der Waals surface area contributed by atoms with Gasteiger partial charge < -0.3 is 28.8 Å². The Balaban J connectivity index is 2.35. The minimum absolute atomic E-state index is 0.203. The number of rotatable bonds is 11. The summed E-state index contributed by atoms with van der Waals surface area (Å²) in [6.07, 6.45) is 1.19. The van der Waals surface area contributed by atoms with Gasteiger partial charge in [0.25, 0.3) is 10.0 Å². The van der Waals surface area contributed by atoms with Gasteiger partial charge in [-0.3, -0.25) is 4.72 Å². The number of halogens is 2. The van der Waals surface area contributed by atoms with Crippen LogP contribution in [0.1, 0.15) is 5.56 Å². The van der Waals surface area contributed by atoms with Crippen molar-refractivity contribution in [3.05, 3.63) is 41.3 Å². The zero-order chi connectivity index (χ0) is 26.4. The van der Waals surface area contributed by atoms with Gasteiger partial charge in [0.15, 0.2) is 11.5 Å².